The maximum absolute atomic E-state index is 12.8. The third-order valence-corrected chi connectivity index (χ3v) is 6.18. The average Bonchev–Trinajstić information content (AvgIpc) is 3.06. The Kier molecular flexibility index (Phi) is 4.95. The maximum Gasteiger partial charge on any atom is 0.243 e. The van der Waals surface area contributed by atoms with E-state index in [0.717, 1.165) is 5.69 Å². The second-order valence-corrected chi connectivity index (χ2v) is 8.13. The van der Waals surface area contributed by atoms with E-state index in [2.05, 4.69) is 4.98 Å². The van der Waals surface area contributed by atoms with E-state index in [1.807, 2.05) is 25.1 Å². The Labute approximate surface area is 151 Å². The number of ether oxygens (including phenoxy) is 1. The predicted octanol–water partition coefficient (Wildman–Crippen LogP) is 2.76. The second-order valence-electron chi connectivity index (χ2n) is 5.78. The third-order valence-electron chi connectivity index (χ3n) is 3.99. The number of hydrogen-bond acceptors (Lipinski definition) is 5. The zero-order chi connectivity index (χ0) is 18.0. The highest BCUT2D eigenvalue weighted by Gasteiger charge is 2.34. The Hall–Kier alpha value is -2.14. The first kappa shape index (κ1) is 17.7. The molecule has 8 heteroatoms. The van der Waals surface area contributed by atoms with Crippen molar-refractivity contribution in [1.29, 1.82) is 5.26 Å². The van der Waals surface area contributed by atoms with E-state index >= 15 is 0 Å². The highest BCUT2D eigenvalue weighted by atomic mass is 35.5. The van der Waals surface area contributed by atoms with Crippen molar-refractivity contribution in [3.05, 3.63) is 52.8 Å². The summed E-state index contributed by atoms with van der Waals surface area (Å²) in [6, 6.07) is 9.70. The number of rotatable bonds is 4. The summed E-state index contributed by atoms with van der Waals surface area (Å²) >= 11 is 5.87. The fourth-order valence-corrected chi connectivity index (χ4v) is 4.30. The molecule has 1 saturated heterocycles. The van der Waals surface area contributed by atoms with Gasteiger partial charge in [0.05, 0.1) is 28.2 Å². The third kappa shape index (κ3) is 3.76. The van der Waals surface area contributed by atoms with E-state index < -0.39 is 10.0 Å². The van der Waals surface area contributed by atoms with Gasteiger partial charge < -0.3 is 4.74 Å². The zero-order valence-corrected chi connectivity index (χ0v) is 15.1. The summed E-state index contributed by atoms with van der Waals surface area (Å²) in [7, 11) is -3.69. The molecule has 0 N–H and O–H groups in total. The van der Waals surface area contributed by atoms with Gasteiger partial charge in [-0.2, -0.15) is 9.57 Å². The van der Waals surface area contributed by atoms with Crippen molar-refractivity contribution in [3.63, 3.8) is 0 Å². The Bertz CT molecular complexity index is 923. The van der Waals surface area contributed by atoms with Crippen LogP contribution in [0.1, 0.15) is 17.7 Å². The summed E-state index contributed by atoms with van der Waals surface area (Å²) in [5.74, 6) is 0.619. The SMILES string of the molecule is Cc1ccc(OC2CCN(S(=O)(=O)c3ccc(Cl)c(C#N)c3)C2)cn1. The summed E-state index contributed by atoms with van der Waals surface area (Å²) in [5.41, 5.74) is 1.03. The molecule has 0 amide bonds. The molecule has 1 aromatic heterocycles. The number of hydrogen-bond donors (Lipinski definition) is 0. The minimum atomic E-state index is -3.69. The molecule has 0 aliphatic carbocycles. The van der Waals surface area contributed by atoms with Crippen molar-refractivity contribution in [2.24, 2.45) is 0 Å². The van der Waals surface area contributed by atoms with Crippen LogP contribution in [0.15, 0.2) is 41.4 Å². The summed E-state index contributed by atoms with van der Waals surface area (Å²) in [4.78, 5) is 4.23. The van der Waals surface area contributed by atoms with Gasteiger partial charge in [0.15, 0.2) is 0 Å². The van der Waals surface area contributed by atoms with E-state index in [9.17, 15) is 8.42 Å². The van der Waals surface area contributed by atoms with Crippen LogP contribution >= 0.6 is 11.6 Å². The summed E-state index contributed by atoms with van der Waals surface area (Å²) in [6.07, 6.45) is 1.98. The zero-order valence-electron chi connectivity index (χ0n) is 13.5. The molecule has 0 radical (unpaired) electrons. The van der Waals surface area contributed by atoms with Crippen molar-refractivity contribution in [3.8, 4) is 11.8 Å². The van der Waals surface area contributed by atoms with E-state index in [4.69, 9.17) is 21.6 Å². The fourth-order valence-electron chi connectivity index (χ4n) is 2.63. The Morgan fingerprint density at radius 1 is 1.36 bits per heavy atom. The van der Waals surface area contributed by atoms with Gasteiger partial charge >= 0.3 is 0 Å². The Balaban J connectivity index is 1.74. The van der Waals surface area contributed by atoms with Crippen LogP contribution in [0.5, 0.6) is 5.75 Å². The first-order valence-corrected chi connectivity index (χ1v) is 9.51. The summed E-state index contributed by atoms with van der Waals surface area (Å²) in [5, 5.41) is 9.26. The van der Waals surface area contributed by atoms with Gasteiger partial charge in [-0.05, 0) is 43.7 Å². The molecule has 1 fully saturated rings. The smallest absolute Gasteiger partial charge is 0.243 e. The molecule has 2 aromatic rings. The van der Waals surface area contributed by atoms with Crippen LogP contribution in [0.25, 0.3) is 0 Å². The van der Waals surface area contributed by atoms with Crippen molar-refractivity contribution in [1.82, 2.24) is 9.29 Å². The normalized spacial score (nSPS) is 18.0. The van der Waals surface area contributed by atoms with Gasteiger partial charge in [-0.15, -0.1) is 0 Å². The van der Waals surface area contributed by atoms with Gasteiger partial charge in [-0.3, -0.25) is 4.98 Å². The first-order valence-electron chi connectivity index (χ1n) is 7.69. The number of nitrogens with zero attached hydrogens (tertiary/aromatic N) is 3. The molecule has 25 heavy (non-hydrogen) atoms. The highest BCUT2D eigenvalue weighted by molar-refractivity contribution is 7.89. The van der Waals surface area contributed by atoms with Gasteiger partial charge in [-0.25, -0.2) is 8.42 Å². The molecule has 2 heterocycles. The Morgan fingerprint density at radius 2 is 2.16 bits per heavy atom. The monoisotopic (exact) mass is 377 g/mol. The maximum atomic E-state index is 12.8. The summed E-state index contributed by atoms with van der Waals surface area (Å²) < 4.78 is 32.7. The van der Waals surface area contributed by atoms with E-state index in [-0.39, 0.29) is 28.1 Å². The molecule has 3 rings (SSSR count). The molecule has 1 aliphatic rings. The van der Waals surface area contributed by atoms with Gasteiger partial charge in [0.1, 0.15) is 17.9 Å². The van der Waals surface area contributed by atoms with Crippen LogP contribution in [-0.2, 0) is 10.0 Å². The average molecular weight is 378 g/mol. The van der Waals surface area contributed by atoms with Crippen molar-refractivity contribution >= 4 is 21.6 Å². The molecule has 0 spiro atoms. The van der Waals surface area contributed by atoms with Gasteiger partial charge in [0, 0.05) is 12.2 Å². The lowest BCUT2D eigenvalue weighted by Gasteiger charge is -2.17. The van der Waals surface area contributed by atoms with Crippen molar-refractivity contribution < 1.29 is 13.2 Å². The van der Waals surface area contributed by atoms with Crippen LogP contribution < -0.4 is 4.74 Å². The number of nitriles is 1. The van der Waals surface area contributed by atoms with Crippen LogP contribution in [0.3, 0.4) is 0 Å². The largest absolute Gasteiger partial charge is 0.487 e. The first-order chi connectivity index (χ1) is 11.9. The number of aromatic nitrogens is 1. The molecule has 6 nitrogen and oxygen atoms in total. The number of aryl methyl sites for hydroxylation is 1. The Morgan fingerprint density at radius 3 is 2.84 bits per heavy atom. The number of pyridine rings is 1. The van der Waals surface area contributed by atoms with Crippen LogP contribution in [0.4, 0.5) is 0 Å². The molecule has 1 unspecified atom stereocenters. The molecule has 0 bridgehead atoms. The molecular formula is C17H16ClN3O3S. The van der Waals surface area contributed by atoms with Gasteiger partial charge in [0.25, 0.3) is 0 Å². The number of halogens is 1. The quantitative estimate of drug-likeness (QED) is 0.818. The van der Waals surface area contributed by atoms with E-state index in [1.165, 1.54) is 22.5 Å². The lowest BCUT2D eigenvalue weighted by molar-refractivity contribution is 0.214. The highest BCUT2D eigenvalue weighted by Crippen LogP contribution is 2.26. The molecule has 1 aromatic carbocycles. The standard InChI is InChI=1S/C17H16ClN3O3S/c1-12-2-3-14(10-20-12)24-15-6-7-21(11-15)25(22,23)16-4-5-17(18)13(8-16)9-19/h2-5,8,10,15H,6-7,11H2,1H3. The molecule has 0 saturated carbocycles. The lowest BCUT2D eigenvalue weighted by Crippen LogP contribution is -2.31. The molecule has 1 aliphatic heterocycles. The predicted molar refractivity (Wildman–Crippen MR) is 92.9 cm³/mol. The van der Waals surface area contributed by atoms with Crippen molar-refractivity contribution in [2.75, 3.05) is 13.1 Å². The van der Waals surface area contributed by atoms with Gasteiger partial charge in [0.2, 0.25) is 10.0 Å². The topological polar surface area (TPSA) is 83.3 Å². The number of benzene rings is 1. The number of sulfonamides is 1. The van der Waals surface area contributed by atoms with Crippen LogP contribution in [0, 0.1) is 18.3 Å². The minimum Gasteiger partial charge on any atom is -0.487 e. The van der Waals surface area contributed by atoms with Crippen LogP contribution in [-0.4, -0.2) is 36.9 Å². The minimum absolute atomic E-state index is 0.0612. The molecule has 130 valence electrons. The summed E-state index contributed by atoms with van der Waals surface area (Å²) in [6.45, 7) is 2.49. The molecular weight excluding hydrogens is 362 g/mol. The van der Waals surface area contributed by atoms with Gasteiger partial charge in [-0.1, -0.05) is 11.6 Å². The molecule has 1 atom stereocenters. The van der Waals surface area contributed by atoms with E-state index in [1.54, 1.807) is 6.20 Å². The van der Waals surface area contributed by atoms with Crippen molar-refractivity contribution in [2.45, 2.75) is 24.3 Å². The van der Waals surface area contributed by atoms with E-state index in [0.29, 0.717) is 18.7 Å². The lowest BCUT2D eigenvalue weighted by atomic mass is 10.2. The van der Waals surface area contributed by atoms with Crippen LogP contribution in [0.2, 0.25) is 5.02 Å². The second kappa shape index (κ2) is 7.00. The fraction of sp³-hybridized carbons (Fsp3) is 0.294.